The van der Waals surface area contributed by atoms with Gasteiger partial charge in [-0.15, -0.1) is 5.10 Å². The van der Waals surface area contributed by atoms with Crippen LogP contribution in [0.1, 0.15) is 21.6 Å². The first-order valence-corrected chi connectivity index (χ1v) is 11.3. The molecule has 1 N–H and O–H groups in total. The Morgan fingerprint density at radius 3 is 2.47 bits per heavy atom. The molecule has 10 heteroatoms. The van der Waals surface area contributed by atoms with Crippen LogP contribution in [0.25, 0.3) is 11.3 Å². The van der Waals surface area contributed by atoms with Crippen molar-refractivity contribution in [3.05, 3.63) is 94.6 Å². The maximum atomic E-state index is 12.5. The number of aromatic nitrogens is 3. The van der Waals surface area contributed by atoms with Gasteiger partial charge in [-0.2, -0.15) is 0 Å². The molecular formula is C26H23ClN4O5. The van der Waals surface area contributed by atoms with E-state index in [2.05, 4.69) is 10.3 Å². The minimum atomic E-state index is -1.12. The van der Waals surface area contributed by atoms with Gasteiger partial charge in [0.15, 0.2) is 0 Å². The van der Waals surface area contributed by atoms with Gasteiger partial charge in [-0.3, -0.25) is 0 Å². The number of carbonyl (C=O) groups is 2. The lowest BCUT2D eigenvalue weighted by Crippen LogP contribution is -2.27. The first kappa shape index (κ1) is 24.7. The van der Waals surface area contributed by atoms with E-state index in [1.807, 2.05) is 30.3 Å². The minimum absolute atomic E-state index is 0.00117. The molecule has 36 heavy (non-hydrogen) atoms. The standard InChI is InChI=1S/C26H23ClN4O5/c1-30(15-17-6-4-3-5-7-17)26(34)35-16-22-24(28-29-31(22)2)18-8-11-20(12-9-18)36-23-14-19(27)10-13-21(23)25(32)33/h3-14H,15-16H2,1-2H3,(H,32,33). The van der Waals surface area contributed by atoms with Crippen molar-refractivity contribution in [3.63, 3.8) is 0 Å². The van der Waals surface area contributed by atoms with E-state index in [9.17, 15) is 14.7 Å². The van der Waals surface area contributed by atoms with E-state index in [0.29, 0.717) is 28.7 Å². The van der Waals surface area contributed by atoms with Crippen LogP contribution in [0.15, 0.2) is 72.8 Å². The summed E-state index contributed by atoms with van der Waals surface area (Å²) >= 11 is 6.00. The van der Waals surface area contributed by atoms with Crippen molar-refractivity contribution in [2.24, 2.45) is 7.05 Å². The lowest BCUT2D eigenvalue weighted by Gasteiger charge is -2.17. The molecule has 4 rings (SSSR count). The Morgan fingerprint density at radius 1 is 1.06 bits per heavy atom. The van der Waals surface area contributed by atoms with Crippen LogP contribution in [0.4, 0.5) is 4.79 Å². The number of halogens is 1. The van der Waals surface area contributed by atoms with E-state index >= 15 is 0 Å². The summed E-state index contributed by atoms with van der Waals surface area (Å²) in [6.07, 6.45) is -0.467. The van der Waals surface area contributed by atoms with Gasteiger partial charge in [-0.05, 0) is 42.0 Å². The fraction of sp³-hybridized carbons (Fsp3) is 0.154. The summed E-state index contributed by atoms with van der Waals surface area (Å²) in [5, 5.41) is 18.0. The van der Waals surface area contributed by atoms with Crippen LogP contribution in [0.5, 0.6) is 11.5 Å². The second-order valence-electron chi connectivity index (χ2n) is 7.98. The summed E-state index contributed by atoms with van der Waals surface area (Å²) in [6.45, 7) is 0.410. The van der Waals surface area contributed by atoms with Crippen LogP contribution >= 0.6 is 11.6 Å². The highest BCUT2D eigenvalue weighted by Gasteiger charge is 2.18. The van der Waals surface area contributed by atoms with Crippen molar-refractivity contribution in [2.45, 2.75) is 13.2 Å². The molecular weight excluding hydrogens is 484 g/mol. The van der Waals surface area contributed by atoms with Gasteiger partial charge in [0.25, 0.3) is 0 Å². The highest BCUT2D eigenvalue weighted by atomic mass is 35.5. The van der Waals surface area contributed by atoms with Gasteiger partial charge in [0, 0.05) is 37.3 Å². The molecule has 184 valence electrons. The van der Waals surface area contributed by atoms with Crippen LogP contribution in [-0.2, 0) is 24.9 Å². The smallest absolute Gasteiger partial charge is 0.410 e. The van der Waals surface area contributed by atoms with E-state index in [0.717, 1.165) is 11.1 Å². The SMILES string of the molecule is CN(Cc1ccccc1)C(=O)OCc1c(-c2ccc(Oc3cc(Cl)ccc3C(=O)O)cc2)nnn1C. The highest BCUT2D eigenvalue weighted by Crippen LogP contribution is 2.30. The molecule has 3 aromatic carbocycles. The number of aromatic carboxylic acids is 1. The van der Waals surface area contributed by atoms with Crippen LogP contribution in [0.3, 0.4) is 0 Å². The zero-order valence-electron chi connectivity index (χ0n) is 19.6. The summed E-state index contributed by atoms with van der Waals surface area (Å²) in [5.74, 6) is -0.566. The average Bonchev–Trinajstić information content (AvgIpc) is 3.23. The molecule has 0 bridgehead atoms. The maximum absolute atomic E-state index is 12.5. The van der Waals surface area contributed by atoms with Gasteiger partial charge in [0.2, 0.25) is 0 Å². The Kier molecular flexibility index (Phi) is 7.50. The third-order valence-electron chi connectivity index (χ3n) is 5.38. The fourth-order valence-corrected chi connectivity index (χ4v) is 3.65. The Hall–Kier alpha value is -4.37. The molecule has 1 heterocycles. The number of amides is 1. The van der Waals surface area contributed by atoms with E-state index in [-0.39, 0.29) is 17.9 Å². The summed E-state index contributed by atoms with van der Waals surface area (Å²) < 4.78 is 12.8. The van der Waals surface area contributed by atoms with Gasteiger partial charge in [-0.1, -0.05) is 47.1 Å². The zero-order valence-corrected chi connectivity index (χ0v) is 20.3. The maximum Gasteiger partial charge on any atom is 0.410 e. The Morgan fingerprint density at radius 2 is 1.78 bits per heavy atom. The lowest BCUT2D eigenvalue weighted by molar-refractivity contribution is 0.0694. The number of ether oxygens (including phenoxy) is 2. The Balaban J connectivity index is 1.45. The van der Waals surface area contributed by atoms with Gasteiger partial charge in [0.05, 0.1) is 0 Å². The molecule has 0 fully saturated rings. The van der Waals surface area contributed by atoms with Crippen LogP contribution < -0.4 is 4.74 Å². The van der Waals surface area contributed by atoms with Gasteiger partial charge >= 0.3 is 12.1 Å². The number of benzene rings is 3. The zero-order chi connectivity index (χ0) is 25.7. The van der Waals surface area contributed by atoms with Gasteiger partial charge < -0.3 is 19.5 Å². The molecule has 1 aromatic heterocycles. The fourth-order valence-electron chi connectivity index (χ4n) is 3.49. The Bertz CT molecular complexity index is 1370. The van der Waals surface area contributed by atoms with E-state index in [4.69, 9.17) is 21.1 Å². The quantitative estimate of drug-likeness (QED) is 0.341. The van der Waals surface area contributed by atoms with Crippen molar-refractivity contribution in [1.29, 1.82) is 0 Å². The largest absolute Gasteiger partial charge is 0.478 e. The monoisotopic (exact) mass is 506 g/mol. The molecule has 0 aliphatic carbocycles. The number of carboxylic acids is 1. The topological polar surface area (TPSA) is 107 Å². The van der Waals surface area contributed by atoms with Crippen molar-refractivity contribution in [2.75, 3.05) is 7.05 Å². The third kappa shape index (κ3) is 5.81. The van der Waals surface area contributed by atoms with Crippen LogP contribution in [-0.4, -0.2) is 44.1 Å². The summed E-state index contributed by atoms with van der Waals surface area (Å²) in [6, 6.07) is 20.8. The molecule has 0 saturated heterocycles. The first-order valence-electron chi connectivity index (χ1n) is 10.9. The third-order valence-corrected chi connectivity index (χ3v) is 5.61. The molecule has 0 saturated carbocycles. The van der Waals surface area contributed by atoms with Gasteiger partial charge in [-0.25, -0.2) is 14.3 Å². The minimum Gasteiger partial charge on any atom is -0.478 e. The van der Waals surface area contributed by atoms with E-state index < -0.39 is 12.1 Å². The van der Waals surface area contributed by atoms with E-state index in [1.54, 1.807) is 43.0 Å². The lowest BCUT2D eigenvalue weighted by atomic mass is 10.1. The molecule has 0 aliphatic heterocycles. The molecule has 1 amide bonds. The van der Waals surface area contributed by atoms with Gasteiger partial charge in [0.1, 0.15) is 35.1 Å². The normalized spacial score (nSPS) is 10.6. The average molecular weight is 507 g/mol. The highest BCUT2D eigenvalue weighted by molar-refractivity contribution is 6.30. The predicted molar refractivity (Wildman–Crippen MR) is 133 cm³/mol. The molecule has 0 radical (unpaired) electrons. The van der Waals surface area contributed by atoms with Crippen molar-refractivity contribution < 1.29 is 24.2 Å². The Labute approximate surface area is 212 Å². The second-order valence-corrected chi connectivity index (χ2v) is 8.41. The second kappa shape index (κ2) is 10.9. The number of nitrogens with zero attached hydrogens (tertiary/aromatic N) is 4. The summed E-state index contributed by atoms with van der Waals surface area (Å²) in [7, 11) is 3.39. The molecule has 4 aromatic rings. The van der Waals surface area contributed by atoms with Crippen LogP contribution in [0.2, 0.25) is 5.02 Å². The first-order chi connectivity index (χ1) is 17.3. The predicted octanol–water partition coefficient (Wildman–Crippen LogP) is 5.39. The van der Waals surface area contributed by atoms with E-state index in [1.165, 1.54) is 23.1 Å². The number of hydrogen-bond donors (Lipinski definition) is 1. The number of carboxylic acid groups (broad SMARTS) is 1. The molecule has 0 aliphatic rings. The van der Waals surface area contributed by atoms with Crippen molar-refractivity contribution >= 4 is 23.7 Å². The van der Waals surface area contributed by atoms with Crippen molar-refractivity contribution in [1.82, 2.24) is 19.9 Å². The number of hydrogen-bond acceptors (Lipinski definition) is 6. The van der Waals surface area contributed by atoms with Crippen molar-refractivity contribution in [3.8, 4) is 22.8 Å². The molecule has 0 unspecified atom stereocenters. The summed E-state index contributed by atoms with van der Waals surface area (Å²) in [5.41, 5.74) is 2.89. The number of carbonyl (C=O) groups excluding carboxylic acids is 1. The number of aryl methyl sites for hydroxylation is 1. The molecule has 0 spiro atoms. The summed E-state index contributed by atoms with van der Waals surface area (Å²) in [4.78, 5) is 25.5. The number of rotatable bonds is 8. The molecule has 9 nitrogen and oxygen atoms in total. The molecule has 0 atom stereocenters. The van der Waals surface area contributed by atoms with Crippen LogP contribution in [0, 0.1) is 0 Å².